The number of rotatable bonds is 6. The van der Waals surface area contributed by atoms with Crippen molar-refractivity contribution < 1.29 is 9.53 Å². The second-order valence-electron chi connectivity index (χ2n) is 12.2. The summed E-state index contributed by atoms with van der Waals surface area (Å²) in [6.07, 6.45) is 10.6. The van der Waals surface area contributed by atoms with E-state index >= 15 is 0 Å². The minimum atomic E-state index is -0.127. The number of halogens is 2. The number of nitrogens with two attached hydrogens (primary N) is 1. The van der Waals surface area contributed by atoms with Gasteiger partial charge in [0.1, 0.15) is 22.1 Å². The number of hydrogen-bond acceptors (Lipinski definition) is 12. The van der Waals surface area contributed by atoms with Gasteiger partial charge in [0, 0.05) is 68.9 Å². The minimum Gasteiger partial charge on any atom is -0.381 e. The number of Topliss-reactive ketones (excluding diaryl/α,β-unsaturated/α-hetero) is 1. The summed E-state index contributed by atoms with van der Waals surface area (Å²) < 4.78 is 8.80. The molecular weight excluding hydrogens is 651 g/mol. The minimum absolute atomic E-state index is 0. The maximum Gasteiger partial charge on any atom is 0.330 e. The summed E-state index contributed by atoms with van der Waals surface area (Å²) in [6.45, 7) is 4.76. The van der Waals surface area contributed by atoms with Crippen LogP contribution in [0.5, 0.6) is 0 Å². The van der Waals surface area contributed by atoms with Gasteiger partial charge in [-0.15, -0.1) is 12.4 Å². The molecule has 1 saturated carbocycles. The molecule has 6 heterocycles. The van der Waals surface area contributed by atoms with E-state index in [1.165, 1.54) is 11.8 Å². The first-order chi connectivity index (χ1) is 21.7. The quantitative estimate of drug-likeness (QED) is 0.299. The molecule has 13 nitrogen and oxygen atoms in total. The van der Waals surface area contributed by atoms with Crippen molar-refractivity contribution in [2.45, 2.75) is 61.0 Å². The molecule has 3 fully saturated rings. The van der Waals surface area contributed by atoms with Gasteiger partial charge in [-0.05, 0) is 37.2 Å². The fourth-order valence-electron chi connectivity index (χ4n) is 6.85. The highest BCUT2D eigenvalue weighted by Crippen LogP contribution is 2.46. The summed E-state index contributed by atoms with van der Waals surface area (Å²) in [7, 11) is 1.73. The zero-order valence-corrected chi connectivity index (χ0v) is 27.9. The molecule has 244 valence electrons. The molecule has 3 N–H and O–H groups in total. The van der Waals surface area contributed by atoms with Crippen LogP contribution in [0.1, 0.15) is 45.1 Å². The topological polar surface area (TPSA) is 159 Å². The third-order valence-corrected chi connectivity index (χ3v) is 11.1. The van der Waals surface area contributed by atoms with Crippen LogP contribution in [0, 0.1) is 11.3 Å². The summed E-state index contributed by atoms with van der Waals surface area (Å²) in [5.74, 6) is 1.70. The van der Waals surface area contributed by atoms with Crippen molar-refractivity contribution in [3.05, 3.63) is 46.4 Å². The Balaban J connectivity index is 0.00000372. The zero-order chi connectivity index (χ0) is 31.3. The molecule has 3 aliphatic rings. The monoisotopic (exact) mass is 686 g/mol. The molecule has 0 unspecified atom stereocenters. The van der Waals surface area contributed by atoms with Gasteiger partial charge in [0.25, 0.3) is 0 Å². The van der Waals surface area contributed by atoms with Crippen molar-refractivity contribution >= 4 is 70.3 Å². The van der Waals surface area contributed by atoms with Gasteiger partial charge >= 0.3 is 5.69 Å². The number of ketones is 1. The molecule has 46 heavy (non-hydrogen) atoms. The lowest BCUT2D eigenvalue weighted by Crippen LogP contribution is -2.48. The number of anilines is 3. The Morgan fingerprint density at radius 3 is 2.52 bits per heavy atom. The molecule has 2 saturated heterocycles. The average Bonchev–Trinajstić information content (AvgIpc) is 3.43. The molecule has 16 heteroatoms. The van der Waals surface area contributed by atoms with Crippen LogP contribution in [-0.2, 0) is 16.6 Å². The summed E-state index contributed by atoms with van der Waals surface area (Å²) in [4.78, 5) is 51.2. The second kappa shape index (κ2) is 13.1. The molecule has 7 rings (SSSR count). The van der Waals surface area contributed by atoms with Crippen LogP contribution < -0.4 is 21.6 Å². The van der Waals surface area contributed by atoms with Crippen molar-refractivity contribution in [3.63, 3.8) is 0 Å². The Labute approximate surface area is 281 Å². The first kappa shape index (κ1) is 32.6. The van der Waals surface area contributed by atoms with Crippen LogP contribution in [0.2, 0.25) is 5.02 Å². The number of carbonyl (C=O) groups is 1. The highest BCUT2D eigenvalue weighted by Gasteiger charge is 2.50. The molecule has 2 aliphatic heterocycles. The predicted molar refractivity (Wildman–Crippen MR) is 178 cm³/mol. The SMILES string of the molecule is C[C@@H]1C(=O)CC2(CCN(c3cnc(Sc4ccnc(Nc5ncc6c(n5)n(C5CCOCC5)c(=O)n6C)c4Cl)cn3)CC2)[C@H]1N.Cl. The summed E-state index contributed by atoms with van der Waals surface area (Å²) in [5, 5.41) is 4.21. The van der Waals surface area contributed by atoms with E-state index in [-0.39, 0.29) is 53.2 Å². The maximum absolute atomic E-state index is 13.1. The Hall–Kier alpha value is -3.30. The number of aromatic nitrogens is 7. The number of piperidine rings is 1. The van der Waals surface area contributed by atoms with E-state index in [0.29, 0.717) is 46.7 Å². The fourth-order valence-corrected chi connectivity index (χ4v) is 7.88. The molecule has 0 amide bonds. The third-order valence-electron chi connectivity index (χ3n) is 9.66. The van der Waals surface area contributed by atoms with E-state index < -0.39 is 0 Å². The molecule has 4 aromatic rings. The van der Waals surface area contributed by atoms with E-state index in [1.54, 1.807) is 41.0 Å². The summed E-state index contributed by atoms with van der Waals surface area (Å²) in [5.41, 5.74) is 7.46. The highest BCUT2D eigenvalue weighted by atomic mass is 35.5. The first-order valence-electron chi connectivity index (χ1n) is 15.2. The van der Waals surface area contributed by atoms with Gasteiger partial charge < -0.3 is 20.7 Å². The Morgan fingerprint density at radius 1 is 1.09 bits per heavy atom. The fraction of sp³-hybridized carbons (Fsp3) is 0.500. The number of nitrogens with zero attached hydrogens (tertiary/aromatic N) is 8. The molecule has 0 radical (unpaired) electrons. The highest BCUT2D eigenvalue weighted by molar-refractivity contribution is 7.99. The Kier molecular flexibility index (Phi) is 9.27. The Bertz CT molecular complexity index is 1800. The van der Waals surface area contributed by atoms with Crippen molar-refractivity contribution in [3.8, 4) is 0 Å². The number of hydrogen-bond donors (Lipinski definition) is 2. The lowest BCUT2D eigenvalue weighted by Gasteiger charge is -2.42. The molecule has 0 bridgehead atoms. The van der Waals surface area contributed by atoms with E-state index in [2.05, 4.69) is 30.2 Å². The number of carbonyl (C=O) groups excluding carboxylic acids is 1. The first-order valence-corrected chi connectivity index (χ1v) is 16.4. The molecule has 4 aromatic heterocycles. The van der Waals surface area contributed by atoms with Gasteiger partial charge in [-0.1, -0.05) is 30.3 Å². The number of fused-ring (bicyclic) bond motifs is 1. The van der Waals surface area contributed by atoms with Crippen LogP contribution in [0.15, 0.2) is 45.6 Å². The largest absolute Gasteiger partial charge is 0.381 e. The van der Waals surface area contributed by atoms with Gasteiger partial charge in [0.05, 0.1) is 23.6 Å². The lowest BCUT2D eigenvalue weighted by molar-refractivity contribution is -0.120. The van der Waals surface area contributed by atoms with Gasteiger partial charge in [0.15, 0.2) is 11.5 Å². The lowest BCUT2D eigenvalue weighted by atomic mass is 9.73. The standard InChI is InChI=1S/C30H35ClN10O3S.ClH/c1-17-20(42)13-30(25(17)32)6-9-40(10-7-30)22-15-35-23(16-34-22)45-21-3-8-33-26(24(21)31)37-28-36-14-19-27(38-28)41(29(43)39(19)2)18-4-11-44-12-5-18;/h3,8,14-18,25H,4-7,9-13,32H2,1-2H3,(H,33,36,37,38);1H/t17-,25+;/m1./s1. The van der Waals surface area contributed by atoms with Gasteiger partial charge in [0.2, 0.25) is 5.95 Å². The molecule has 2 atom stereocenters. The van der Waals surface area contributed by atoms with Crippen molar-refractivity contribution in [1.29, 1.82) is 0 Å². The van der Waals surface area contributed by atoms with E-state index in [4.69, 9.17) is 27.1 Å². The van der Waals surface area contributed by atoms with Crippen LogP contribution in [0.25, 0.3) is 11.2 Å². The van der Waals surface area contributed by atoms with Crippen LogP contribution in [0.3, 0.4) is 0 Å². The Morgan fingerprint density at radius 2 is 1.85 bits per heavy atom. The van der Waals surface area contributed by atoms with E-state index in [9.17, 15) is 9.59 Å². The number of aryl methyl sites for hydroxylation is 1. The number of nitrogens with one attached hydrogen (secondary N) is 1. The maximum atomic E-state index is 13.1. The van der Waals surface area contributed by atoms with Crippen molar-refractivity contribution in [2.24, 2.45) is 24.1 Å². The molecule has 1 spiro atoms. The van der Waals surface area contributed by atoms with Crippen LogP contribution in [-0.4, -0.2) is 72.2 Å². The third kappa shape index (κ3) is 5.85. The number of pyridine rings is 1. The summed E-state index contributed by atoms with van der Waals surface area (Å²) >= 11 is 8.17. The predicted octanol–water partition coefficient (Wildman–Crippen LogP) is 4.16. The van der Waals surface area contributed by atoms with Crippen molar-refractivity contribution in [2.75, 3.05) is 36.5 Å². The molecular formula is C30H36Cl2N10O3S. The van der Waals surface area contributed by atoms with Gasteiger partial charge in [-0.25, -0.2) is 24.7 Å². The normalized spacial score (nSPS) is 21.6. The van der Waals surface area contributed by atoms with E-state index in [0.717, 1.165) is 49.5 Å². The van der Waals surface area contributed by atoms with Gasteiger partial charge in [-0.3, -0.25) is 13.9 Å². The number of imidazole rings is 1. The van der Waals surface area contributed by atoms with Crippen LogP contribution in [0.4, 0.5) is 17.6 Å². The zero-order valence-electron chi connectivity index (χ0n) is 25.6. The molecule has 0 aromatic carbocycles. The van der Waals surface area contributed by atoms with E-state index in [1.807, 2.05) is 13.0 Å². The van der Waals surface area contributed by atoms with Crippen molar-refractivity contribution in [1.82, 2.24) is 34.1 Å². The van der Waals surface area contributed by atoms with Gasteiger partial charge in [-0.2, -0.15) is 4.98 Å². The van der Waals surface area contributed by atoms with Crippen LogP contribution >= 0.6 is 35.8 Å². The summed E-state index contributed by atoms with van der Waals surface area (Å²) in [6, 6.07) is 1.75. The smallest absolute Gasteiger partial charge is 0.330 e. The average molecular weight is 688 g/mol. The number of ether oxygens (including phenoxy) is 1. The molecule has 1 aliphatic carbocycles. The second-order valence-corrected chi connectivity index (χ2v) is 13.6.